The summed E-state index contributed by atoms with van der Waals surface area (Å²) < 4.78 is 1.74. The summed E-state index contributed by atoms with van der Waals surface area (Å²) in [5.41, 5.74) is 1.75. The number of anilines is 1. The van der Waals surface area contributed by atoms with Crippen LogP contribution in [0.4, 0.5) is 5.69 Å². The van der Waals surface area contributed by atoms with Crippen molar-refractivity contribution >= 4 is 23.4 Å². The number of hydrogen-bond donors (Lipinski definition) is 1. The van der Waals surface area contributed by atoms with E-state index in [2.05, 4.69) is 20.8 Å². The van der Waals surface area contributed by atoms with E-state index in [1.807, 2.05) is 61.5 Å². The third-order valence-electron chi connectivity index (χ3n) is 3.50. The van der Waals surface area contributed by atoms with E-state index in [-0.39, 0.29) is 5.91 Å². The van der Waals surface area contributed by atoms with Crippen LogP contribution in [0.5, 0.6) is 0 Å². The summed E-state index contributed by atoms with van der Waals surface area (Å²) in [6, 6.07) is 17.6. The molecule has 25 heavy (non-hydrogen) atoms. The Morgan fingerprint density at radius 3 is 2.80 bits per heavy atom. The number of nitrogens with zero attached hydrogens (tertiary/aromatic N) is 4. The number of nitrogens with one attached hydrogen (secondary N) is 1. The number of benzene rings is 2. The largest absolute Gasteiger partial charge is 0.326 e. The number of tetrazole rings is 1. The highest BCUT2D eigenvalue weighted by Crippen LogP contribution is 2.25. The first-order valence-corrected chi connectivity index (χ1v) is 9.10. The SMILES string of the molecule is CCCC(=O)Nc1cccc(SCc2nnnn2-c2ccccc2)c1. The summed E-state index contributed by atoms with van der Waals surface area (Å²) in [5.74, 6) is 1.45. The van der Waals surface area contributed by atoms with E-state index < -0.39 is 0 Å². The Morgan fingerprint density at radius 1 is 1.16 bits per heavy atom. The highest BCUT2D eigenvalue weighted by molar-refractivity contribution is 7.98. The van der Waals surface area contributed by atoms with Gasteiger partial charge >= 0.3 is 0 Å². The van der Waals surface area contributed by atoms with Crippen molar-refractivity contribution in [3.8, 4) is 5.69 Å². The molecule has 1 aromatic heterocycles. The molecule has 128 valence electrons. The molecule has 6 nitrogen and oxygen atoms in total. The van der Waals surface area contributed by atoms with Gasteiger partial charge in [-0.25, -0.2) is 0 Å². The first-order valence-electron chi connectivity index (χ1n) is 8.11. The monoisotopic (exact) mass is 353 g/mol. The van der Waals surface area contributed by atoms with Gasteiger partial charge in [0, 0.05) is 17.0 Å². The highest BCUT2D eigenvalue weighted by atomic mass is 32.2. The Balaban J connectivity index is 1.67. The van der Waals surface area contributed by atoms with Crippen LogP contribution in [-0.2, 0) is 10.5 Å². The summed E-state index contributed by atoms with van der Waals surface area (Å²) in [6.07, 6.45) is 1.37. The summed E-state index contributed by atoms with van der Waals surface area (Å²) in [5, 5.41) is 14.9. The number of carbonyl (C=O) groups is 1. The first-order chi connectivity index (χ1) is 12.3. The van der Waals surface area contributed by atoms with Gasteiger partial charge in [0.15, 0.2) is 5.82 Å². The molecule has 0 spiro atoms. The van der Waals surface area contributed by atoms with Crippen LogP contribution in [0.15, 0.2) is 59.5 Å². The van der Waals surface area contributed by atoms with E-state index in [4.69, 9.17) is 0 Å². The maximum atomic E-state index is 11.7. The van der Waals surface area contributed by atoms with Crippen LogP contribution in [0.3, 0.4) is 0 Å². The molecule has 3 rings (SSSR count). The number of hydrogen-bond acceptors (Lipinski definition) is 5. The van der Waals surface area contributed by atoms with Crippen molar-refractivity contribution in [3.63, 3.8) is 0 Å². The van der Waals surface area contributed by atoms with Gasteiger partial charge in [0.25, 0.3) is 0 Å². The molecule has 3 aromatic rings. The maximum absolute atomic E-state index is 11.7. The minimum Gasteiger partial charge on any atom is -0.326 e. The Hall–Kier alpha value is -2.67. The lowest BCUT2D eigenvalue weighted by molar-refractivity contribution is -0.116. The first kappa shape index (κ1) is 17.2. The number of amides is 1. The second-order valence-electron chi connectivity index (χ2n) is 5.46. The molecule has 0 radical (unpaired) electrons. The molecular weight excluding hydrogens is 334 g/mol. The van der Waals surface area contributed by atoms with E-state index in [0.29, 0.717) is 12.2 Å². The van der Waals surface area contributed by atoms with Gasteiger partial charge in [-0.1, -0.05) is 31.2 Å². The Morgan fingerprint density at radius 2 is 2.00 bits per heavy atom. The molecule has 7 heteroatoms. The van der Waals surface area contributed by atoms with Crippen LogP contribution in [0, 0.1) is 0 Å². The van der Waals surface area contributed by atoms with Gasteiger partial charge in [0.1, 0.15) is 0 Å². The van der Waals surface area contributed by atoms with Crippen molar-refractivity contribution in [3.05, 3.63) is 60.4 Å². The van der Waals surface area contributed by atoms with Gasteiger partial charge in [0.05, 0.1) is 11.4 Å². The number of rotatable bonds is 7. The lowest BCUT2D eigenvalue weighted by atomic mass is 10.3. The molecule has 0 saturated carbocycles. The normalized spacial score (nSPS) is 10.6. The van der Waals surface area contributed by atoms with Crippen LogP contribution in [0.25, 0.3) is 5.69 Å². The highest BCUT2D eigenvalue weighted by Gasteiger charge is 2.09. The third-order valence-corrected chi connectivity index (χ3v) is 4.49. The molecule has 0 aliphatic carbocycles. The fourth-order valence-electron chi connectivity index (χ4n) is 2.33. The molecule has 1 heterocycles. The van der Waals surface area contributed by atoms with Gasteiger partial charge < -0.3 is 5.32 Å². The van der Waals surface area contributed by atoms with Gasteiger partial charge in [-0.3, -0.25) is 4.79 Å². The minimum absolute atomic E-state index is 0.0395. The van der Waals surface area contributed by atoms with E-state index in [1.54, 1.807) is 16.4 Å². The fraction of sp³-hybridized carbons (Fsp3) is 0.222. The molecule has 0 aliphatic heterocycles. The zero-order valence-electron chi connectivity index (χ0n) is 13.9. The zero-order chi connectivity index (χ0) is 17.5. The number of aromatic nitrogens is 4. The predicted molar refractivity (Wildman–Crippen MR) is 98.7 cm³/mol. The molecule has 2 aromatic carbocycles. The van der Waals surface area contributed by atoms with E-state index in [9.17, 15) is 4.79 Å². The van der Waals surface area contributed by atoms with Gasteiger partial charge in [-0.15, -0.1) is 16.9 Å². The molecule has 0 bridgehead atoms. The molecule has 0 fully saturated rings. The molecule has 0 saturated heterocycles. The number of para-hydroxylation sites is 1. The smallest absolute Gasteiger partial charge is 0.224 e. The Bertz CT molecular complexity index is 834. The van der Waals surface area contributed by atoms with Crippen LogP contribution in [0.1, 0.15) is 25.6 Å². The van der Waals surface area contributed by atoms with Crippen molar-refractivity contribution < 1.29 is 4.79 Å². The molecule has 0 atom stereocenters. The lowest BCUT2D eigenvalue weighted by Gasteiger charge is -2.07. The van der Waals surface area contributed by atoms with Gasteiger partial charge in [-0.2, -0.15) is 4.68 Å². The second-order valence-corrected chi connectivity index (χ2v) is 6.51. The summed E-state index contributed by atoms with van der Waals surface area (Å²) >= 11 is 1.63. The molecule has 0 aliphatic rings. The quantitative estimate of drug-likeness (QED) is 0.656. The van der Waals surface area contributed by atoms with Crippen molar-refractivity contribution in [2.24, 2.45) is 0 Å². The van der Waals surface area contributed by atoms with Crippen molar-refractivity contribution in [2.45, 2.75) is 30.4 Å². The average Bonchev–Trinajstić information content (AvgIpc) is 3.10. The summed E-state index contributed by atoms with van der Waals surface area (Å²) in [7, 11) is 0. The lowest BCUT2D eigenvalue weighted by Crippen LogP contribution is -2.10. The summed E-state index contributed by atoms with van der Waals surface area (Å²) in [6.45, 7) is 1.99. The molecule has 1 amide bonds. The van der Waals surface area contributed by atoms with Crippen molar-refractivity contribution in [2.75, 3.05) is 5.32 Å². The summed E-state index contributed by atoms with van der Waals surface area (Å²) in [4.78, 5) is 12.8. The minimum atomic E-state index is 0.0395. The Labute approximate surface area is 150 Å². The van der Waals surface area contributed by atoms with Crippen LogP contribution < -0.4 is 5.32 Å². The molecular formula is C18H19N5OS. The maximum Gasteiger partial charge on any atom is 0.224 e. The van der Waals surface area contributed by atoms with E-state index in [0.717, 1.165) is 28.5 Å². The molecule has 0 unspecified atom stereocenters. The van der Waals surface area contributed by atoms with Crippen LogP contribution in [0.2, 0.25) is 0 Å². The molecule has 1 N–H and O–H groups in total. The topological polar surface area (TPSA) is 72.7 Å². The van der Waals surface area contributed by atoms with Crippen LogP contribution >= 0.6 is 11.8 Å². The van der Waals surface area contributed by atoms with Crippen molar-refractivity contribution in [1.82, 2.24) is 20.2 Å². The van der Waals surface area contributed by atoms with Gasteiger partial charge in [-0.05, 0) is 47.2 Å². The van der Waals surface area contributed by atoms with Crippen molar-refractivity contribution in [1.29, 1.82) is 0 Å². The van der Waals surface area contributed by atoms with E-state index >= 15 is 0 Å². The standard InChI is InChI=1S/C18H19N5OS/c1-2-7-18(24)19-14-8-6-11-16(12-14)25-13-17-20-21-22-23(17)15-9-4-3-5-10-15/h3-6,8-12H,2,7,13H2,1H3,(H,19,24). The fourth-order valence-corrected chi connectivity index (χ4v) is 3.19. The number of carbonyl (C=O) groups excluding carboxylic acids is 1. The van der Waals surface area contributed by atoms with Crippen LogP contribution in [-0.4, -0.2) is 26.1 Å². The van der Waals surface area contributed by atoms with E-state index in [1.165, 1.54) is 0 Å². The second kappa shape index (κ2) is 8.43. The van der Waals surface area contributed by atoms with Gasteiger partial charge in [0.2, 0.25) is 5.91 Å². The average molecular weight is 353 g/mol. The third kappa shape index (κ3) is 4.67. The Kier molecular flexibility index (Phi) is 5.79. The number of thioether (sulfide) groups is 1. The zero-order valence-corrected chi connectivity index (χ0v) is 14.7. The predicted octanol–water partition coefficient (Wildman–Crippen LogP) is 3.69.